The third kappa shape index (κ3) is 1.64. The van der Waals surface area contributed by atoms with Crippen LogP contribution in [0.4, 0.5) is 5.82 Å². The first kappa shape index (κ1) is 12.2. The van der Waals surface area contributed by atoms with E-state index >= 15 is 0 Å². The zero-order valence-electron chi connectivity index (χ0n) is 9.54. The molecule has 1 aromatic rings. The van der Waals surface area contributed by atoms with Crippen LogP contribution in [-0.2, 0) is 10.2 Å². The molecular weight excluding hydrogens is 320 g/mol. The van der Waals surface area contributed by atoms with Crippen LogP contribution < -0.4 is 5.32 Å². The number of carboxylic acids is 1. The van der Waals surface area contributed by atoms with E-state index in [0.29, 0.717) is 17.9 Å². The molecule has 1 aliphatic heterocycles. The minimum atomic E-state index is -0.709. The van der Waals surface area contributed by atoms with Crippen molar-refractivity contribution in [2.75, 3.05) is 11.9 Å². The van der Waals surface area contributed by atoms with Gasteiger partial charge in [-0.05, 0) is 35.2 Å². The van der Waals surface area contributed by atoms with Crippen molar-refractivity contribution in [2.24, 2.45) is 5.92 Å². The van der Waals surface area contributed by atoms with Crippen molar-refractivity contribution >= 4 is 39.3 Å². The van der Waals surface area contributed by atoms with E-state index in [2.05, 4.69) is 26.2 Å². The van der Waals surface area contributed by atoms with Crippen LogP contribution in [0, 0.1) is 5.92 Å². The van der Waals surface area contributed by atoms with Crippen LogP contribution in [0.25, 0.3) is 0 Å². The molecule has 6 heteroatoms. The molecule has 2 unspecified atom stereocenters. The average Bonchev–Trinajstić information content (AvgIpc) is 2.91. The molecule has 0 amide bonds. The van der Waals surface area contributed by atoms with E-state index in [9.17, 15) is 4.79 Å². The van der Waals surface area contributed by atoms with Crippen LogP contribution >= 0.6 is 27.5 Å². The number of carboxylic acid groups (broad SMARTS) is 1. The van der Waals surface area contributed by atoms with Crippen molar-refractivity contribution in [3.63, 3.8) is 0 Å². The standard InChI is InChI=1S/C12H12BrClN2O2/c13-7-4-15-10-8(9(7)14)12(5-16-10)2-1-6(3-12)11(17)18/h4,6H,1-3,5H2,(H,15,16)(H,17,18). The van der Waals surface area contributed by atoms with Crippen molar-refractivity contribution in [3.8, 4) is 0 Å². The van der Waals surface area contributed by atoms with E-state index < -0.39 is 5.97 Å². The molecule has 1 aliphatic carbocycles. The second kappa shape index (κ2) is 4.10. The van der Waals surface area contributed by atoms with Gasteiger partial charge in [0.25, 0.3) is 0 Å². The van der Waals surface area contributed by atoms with Crippen molar-refractivity contribution in [1.82, 2.24) is 4.98 Å². The Bertz CT molecular complexity index is 537. The number of carbonyl (C=O) groups is 1. The molecular formula is C12H12BrClN2O2. The van der Waals surface area contributed by atoms with Gasteiger partial charge in [0, 0.05) is 23.7 Å². The summed E-state index contributed by atoms with van der Waals surface area (Å²) in [6, 6.07) is 0. The highest BCUT2D eigenvalue weighted by molar-refractivity contribution is 9.10. The summed E-state index contributed by atoms with van der Waals surface area (Å²) in [6.07, 6.45) is 3.87. The molecule has 1 saturated carbocycles. The van der Waals surface area contributed by atoms with Gasteiger partial charge in [0.15, 0.2) is 0 Å². The molecule has 18 heavy (non-hydrogen) atoms. The van der Waals surface area contributed by atoms with Crippen molar-refractivity contribution in [1.29, 1.82) is 0 Å². The highest BCUT2D eigenvalue weighted by atomic mass is 79.9. The summed E-state index contributed by atoms with van der Waals surface area (Å²) in [6.45, 7) is 0.731. The van der Waals surface area contributed by atoms with Gasteiger partial charge in [-0.15, -0.1) is 0 Å². The zero-order valence-corrected chi connectivity index (χ0v) is 11.9. The van der Waals surface area contributed by atoms with Gasteiger partial charge in [0.1, 0.15) is 5.82 Å². The fourth-order valence-corrected chi connectivity index (χ4v) is 3.79. The Balaban J connectivity index is 2.05. The van der Waals surface area contributed by atoms with E-state index in [-0.39, 0.29) is 11.3 Å². The van der Waals surface area contributed by atoms with Crippen LogP contribution in [0.3, 0.4) is 0 Å². The lowest BCUT2D eigenvalue weighted by Gasteiger charge is -2.24. The predicted molar refractivity (Wildman–Crippen MR) is 72.1 cm³/mol. The van der Waals surface area contributed by atoms with E-state index in [0.717, 1.165) is 28.8 Å². The fraction of sp³-hybridized carbons (Fsp3) is 0.500. The summed E-state index contributed by atoms with van der Waals surface area (Å²) in [4.78, 5) is 15.4. The number of nitrogens with zero attached hydrogens (tertiary/aromatic N) is 1. The molecule has 2 atom stereocenters. The van der Waals surface area contributed by atoms with Gasteiger partial charge in [0.05, 0.1) is 15.4 Å². The van der Waals surface area contributed by atoms with Gasteiger partial charge in [-0.2, -0.15) is 0 Å². The highest BCUT2D eigenvalue weighted by Crippen LogP contribution is 2.52. The Morgan fingerprint density at radius 1 is 1.67 bits per heavy atom. The Labute approximate surface area is 118 Å². The van der Waals surface area contributed by atoms with Crippen molar-refractivity contribution < 1.29 is 9.90 Å². The number of aliphatic carboxylic acids is 1. The van der Waals surface area contributed by atoms with Gasteiger partial charge >= 0.3 is 5.97 Å². The number of halogens is 2. The maximum absolute atomic E-state index is 11.1. The molecule has 1 aromatic heterocycles. The SMILES string of the molecule is O=C(O)C1CCC2(CNc3ncc(Br)c(Cl)c32)C1. The van der Waals surface area contributed by atoms with Gasteiger partial charge in [-0.25, -0.2) is 4.98 Å². The molecule has 0 bridgehead atoms. The van der Waals surface area contributed by atoms with Crippen LogP contribution in [0.2, 0.25) is 5.02 Å². The lowest BCUT2D eigenvalue weighted by Crippen LogP contribution is -2.26. The second-order valence-corrected chi connectivity index (χ2v) is 6.29. The third-order valence-electron chi connectivity index (χ3n) is 4.06. The van der Waals surface area contributed by atoms with E-state index in [4.69, 9.17) is 16.7 Å². The number of pyridine rings is 1. The third-order valence-corrected chi connectivity index (χ3v) is 5.28. The predicted octanol–water partition coefficient (Wildman–Crippen LogP) is 3.05. The molecule has 0 radical (unpaired) electrons. The van der Waals surface area contributed by atoms with Gasteiger partial charge in [-0.3, -0.25) is 4.79 Å². The molecule has 2 heterocycles. The molecule has 0 saturated heterocycles. The second-order valence-electron chi connectivity index (χ2n) is 5.06. The summed E-state index contributed by atoms with van der Waals surface area (Å²) in [5.41, 5.74) is 0.828. The smallest absolute Gasteiger partial charge is 0.306 e. The number of rotatable bonds is 1. The number of fused-ring (bicyclic) bond motifs is 2. The van der Waals surface area contributed by atoms with Crippen LogP contribution in [-0.4, -0.2) is 22.6 Å². The first-order chi connectivity index (χ1) is 8.53. The maximum atomic E-state index is 11.1. The first-order valence-corrected chi connectivity index (χ1v) is 7.02. The fourth-order valence-electron chi connectivity index (χ4n) is 3.15. The number of hydrogen-bond acceptors (Lipinski definition) is 3. The first-order valence-electron chi connectivity index (χ1n) is 5.85. The summed E-state index contributed by atoms with van der Waals surface area (Å²) < 4.78 is 0.768. The monoisotopic (exact) mass is 330 g/mol. The lowest BCUT2D eigenvalue weighted by atomic mass is 9.80. The van der Waals surface area contributed by atoms with E-state index in [1.165, 1.54) is 0 Å². The molecule has 2 aliphatic rings. The number of aromatic nitrogens is 1. The molecule has 2 N–H and O–H groups in total. The van der Waals surface area contributed by atoms with Crippen molar-refractivity contribution in [3.05, 3.63) is 21.3 Å². The lowest BCUT2D eigenvalue weighted by molar-refractivity contribution is -0.141. The van der Waals surface area contributed by atoms with Gasteiger partial charge in [0.2, 0.25) is 0 Å². The summed E-state index contributed by atoms with van der Waals surface area (Å²) >= 11 is 9.75. The minimum absolute atomic E-state index is 0.160. The molecule has 3 rings (SSSR count). The summed E-state index contributed by atoms with van der Waals surface area (Å²) in [5, 5.41) is 13.1. The topological polar surface area (TPSA) is 62.2 Å². The molecule has 0 aromatic carbocycles. The molecule has 1 fully saturated rings. The van der Waals surface area contributed by atoms with E-state index in [1.54, 1.807) is 6.20 Å². The summed E-state index contributed by atoms with van der Waals surface area (Å²) in [5.74, 6) is -0.179. The highest BCUT2D eigenvalue weighted by Gasteiger charge is 2.49. The Hall–Kier alpha value is -0.810. The van der Waals surface area contributed by atoms with E-state index in [1.807, 2.05) is 0 Å². The normalized spacial score (nSPS) is 29.3. The number of anilines is 1. The van der Waals surface area contributed by atoms with Gasteiger partial charge < -0.3 is 10.4 Å². The number of nitrogens with one attached hydrogen (secondary N) is 1. The Morgan fingerprint density at radius 2 is 2.44 bits per heavy atom. The Kier molecular flexibility index (Phi) is 2.79. The quantitative estimate of drug-likeness (QED) is 0.830. The van der Waals surface area contributed by atoms with Gasteiger partial charge in [-0.1, -0.05) is 11.6 Å². The largest absolute Gasteiger partial charge is 0.481 e. The van der Waals surface area contributed by atoms with Crippen LogP contribution in [0.15, 0.2) is 10.7 Å². The van der Waals surface area contributed by atoms with Crippen molar-refractivity contribution in [2.45, 2.75) is 24.7 Å². The average molecular weight is 332 g/mol. The molecule has 1 spiro atoms. The zero-order chi connectivity index (χ0) is 12.9. The maximum Gasteiger partial charge on any atom is 0.306 e. The molecule has 4 nitrogen and oxygen atoms in total. The molecule has 96 valence electrons. The Morgan fingerprint density at radius 3 is 3.11 bits per heavy atom. The minimum Gasteiger partial charge on any atom is -0.481 e. The van der Waals surface area contributed by atoms with Crippen LogP contribution in [0.1, 0.15) is 24.8 Å². The summed E-state index contributed by atoms with van der Waals surface area (Å²) in [7, 11) is 0. The number of hydrogen-bond donors (Lipinski definition) is 2. The van der Waals surface area contributed by atoms with Crippen LogP contribution in [0.5, 0.6) is 0 Å².